The van der Waals surface area contributed by atoms with Gasteiger partial charge in [0.25, 0.3) is 17.5 Å². The van der Waals surface area contributed by atoms with Gasteiger partial charge in [-0.1, -0.05) is 74.9 Å². The number of hydrogen-bond acceptors (Lipinski definition) is 7. The number of amides is 2. The zero-order valence-electron chi connectivity index (χ0n) is 33.0. The number of non-ortho nitro benzene ring substituents is 1. The monoisotopic (exact) mass is 767 g/mol. The van der Waals surface area contributed by atoms with E-state index in [0.29, 0.717) is 73.0 Å². The molecule has 8 rings (SSSR count). The van der Waals surface area contributed by atoms with Gasteiger partial charge in [0, 0.05) is 85.0 Å². The second-order valence-corrected chi connectivity index (χ2v) is 14.8. The first kappa shape index (κ1) is 39.1. The lowest BCUT2D eigenvalue weighted by molar-refractivity contribution is -0.384. The average molecular weight is 768 g/mol. The molecule has 0 radical (unpaired) electrons. The van der Waals surface area contributed by atoms with Gasteiger partial charge in [-0.2, -0.15) is 5.10 Å². The number of H-pyrrole nitrogens is 1. The maximum absolute atomic E-state index is 14.9. The molecule has 0 bridgehead atoms. The Bertz CT molecular complexity index is 2380. The van der Waals surface area contributed by atoms with Crippen LogP contribution < -0.4 is 4.90 Å². The SMILES string of the molecule is CCC.Cc1c(C(=O)N(Cc2ccccc2)c2ccc3[nH]ncc3c2)cc(-c2cc([N+](=O)[O-])ccc2C(=O)N2Cc3ccccc3CC2CN2CCOCC2)n1C. The number of fused-ring (bicyclic) bond motifs is 2. The molecule has 2 aliphatic heterocycles. The predicted molar refractivity (Wildman–Crippen MR) is 222 cm³/mol. The number of ether oxygens (including phenoxy) is 1. The molecule has 57 heavy (non-hydrogen) atoms. The number of aromatic nitrogens is 3. The number of rotatable bonds is 9. The van der Waals surface area contributed by atoms with Crippen molar-refractivity contribution in [1.82, 2.24) is 24.6 Å². The third kappa shape index (κ3) is 8.37. The van der Waals surface area contributed by atoms with Crippen molar-refractivity contribution in [3.05, 3.63) is 147 Å². The lowest BCUT2D eigenvalue weighted by atomic mass is 9.92. The highest BCUT2D eigenvalue weighted by molar-refractivity contribution is 6.09. The molecule has 12 nitrogen and oxygen atoms in total. The van der Waals surface area contributed by atoms with Crippen LogP contribution in [0.15, 0.2) is 103 Å². The van der Waals surface area contributed by atoms with Gasteiger partial charge in [-0.3, -0.25) is 29.7 Å². The van der Waals surface area contributed by atoms with E-state index in [4.69, 9.17) is 4.74 Å². The minimum Gasteiger partial charge on any atom is -0.379 e. The third-order valence-corrected chi connectivity index (χ3v) is 10.8. The van der Waals surface area contributed by atoms with E-state index in [1.54, 1.807) is 23.2 Å². The molecule has 2 amide bonds. The summed E-state index contributed by atoms with van der Waals surface area (Å²) in [6.45, 7) is 10.4. The van der Waals surface area contributed by atoms with Gasteiger partial charge in [-0.05, 0) is 60.4 Å². The van der Waals surface area contributed by atoms with Crippen molar-refractivity contribution in [3.8, 4) is 11.3 Å². The quantitative estimate of drug-likeness (QED) is 0.117. The van der Waals surface area contributed by atoms with Crippen molar-refractivity contribution >= 4 is 34.1 Å². The minimum atomic E-state index is -0.453. The highest BCUT2D eigenvalue weighted by atomic mass is 16.6. The van der Waals surface area contributed by atoms with Crippen molar-refractivity contribution < 1.29 is 19.2 Å². The minimum absolute atomic E-state index is 0.111. The van der Waals surface area contributed by atoms with Crippen LogP contribution in [0.5, 0.6) is 0 Å². The summed E-state index contributed by atoms with van der Waals surface area (Å²) in [6, 6.07) is 29.8. The summed E-state index contributed by atoms with van der Waals surface area (Å²) in [4.78, 5) is 47.3. The van der Waals surface area contributed by atoms with Gasteiger partial charge in [-0.25, -0.2) is 0 Å². The first-order valence-electron chi connectivity index (χ1n) is 19.6. The molecule has 0 saturated carbocycles. The molecule has 4 heterocycles. The molecular formula is C45H49N7O5. The predicted octanol–water partition coefficient (Wildman–Crippen LogP) is 7.95. The van der Waals surface area contributed by atoms with Crippen molar-refractivity contribution in [3.63, 3.8) is 0 Å². The number of nitro groups is 1. The summed E-state index contributed by atoms with van der Waals surface area (Å²) < 4.78 is 7.44. The fourth-order valence-corrected chi connectivity index (χ4v) is 7.73. The Balaban J connectivity index is 0.00000160. The number of carbonyl (C=O) groups excluding carboxylic acids is 2. The fraction of sp³-hybridized carbons (Fsp3) is 0.311. The number of benzene rings is 4. The summed E-state index contributed by atoms with van der Waals surface area (Å²) in [6.07, 6.45) is 3.68. The van der Waals surface area contributed by atoms with Gasteiger partial charge in [-0.15, -0.1) is 0 Å². The third-order valence-electron chi connectivity index (χ3n) is 10.8. The maximum Gasteiger partial charge on any atom is 0.270 e. The Hall–Kier alpha value is -6.11. The van der Waals surface area contributed by atoms with E-state index < -0.39 is 4.92 Å². The first-order valence-corrected chi connectivity index (χ1v) is 19.6. The largest absolute Gasteiger partial charge is 0.379 e. The smallest absolute Gasteiger partial charge is 0.270 e. The second kappa shape index (κ2) is 17.4. The number of hydrogen-bond donors (Lipinski definition) is 1. The first-order chi connectivity index (χ1) is 27.7. The van der Waals surface area contributed by atoms with Crippen LogP contribution in [-0.4, -0.2) is 80.2 Å². The Kier molecular flexibility index (Phi) is 11.9. The van der Waals surface area contributed by atoms with Crippen LogP contribution in [0.4, 0.5) is 11.4 Å². The Morgan fingerprint density at radius 2 is 1.65 bits per heavy atom. The van der Waals surface area contributed by atoms with Gasteiger partial charge >= 0.3 is 0 Å². The zero-order chi connectivity index (χ0) is 40.1. The standard InChI is InChI=1S/C42H41N7O5.C3H8/c1-28-37(42(51)47(25-29-8-4-3-5-9-29)33-13-15-39-32(21-33)24-43-44-39)23-40(45(28)2)38-22-34(49(52)53)12-14-36(38)41(50)48-26-31-11-7-6-10-30(31)20-35(48)27-46-16-18-54-19-17-46;1-3-2/h3-15,21-24,35H,16-20,25-27H2,1-2H3,(H,43,44);3H2,1-2H3. The van der Waals surface area contributed by atoms with Crippen molar-refractivity contribution in [2.24, 2.45) is 7.05 Å². The number of nitrogens with zero attached hydrogens (tertiary/aromatic N) is 6. The van der Waals surface area contributed by atoms with E-state index in [0.717, 1.165) is 35.1 Å². The number of nitrogens with one attached hydrogen (secondary N) is 1. The molecule has 0 spiro atoms. The normalized spacial score (nSPS) is 15.4. The molecule has 1 fully saturated rings. The van der Waals surface area contributed by atoms with E-state index in [-0.39, 0.29) is 23.5 Å². The number of anilines is 1. The molecule has 1 N–H and O–H groups in total. The number of carbonyl (C=O) groups is 2. The second-order valence-electron chi connectivity index (χ2n) is 14.8. The fourth-order valence-electron chi connectivity index (χ4n) is 7.73. The molecule has 12 heteroatoms. The van der Waals surface area contributed by atoms with Gasteiger partial charge in [0.1, 0.15) is 0 Å². The van der Waals surface area contributed by atoms with Gasteiger partial charge in [0.05, 0.1) is 42.0 Å². The van der Waals surface area contributed by atoms with Crippen LogP contribution in [0.2, 0.25) is 0 Å². The lowest BCUT2D eigenvalue weighted by Crippen LogP contribution is -2.52. The van der Waals surface area contributed by atoms with E-state index in [9.17, 15) is 19.7 Å². The Labute approximate surface area is 332 Å². The van der Waals surface area contributed by atoms with Crippen molar-refractivity contribution in [1.29, 1.82) is 0 Å². The molecule has 4 aromatic carbocycles. The van der Waals surface area contributed by atoms with Crippen LogP contribution in [0.25, 0.3) is 22.2 Å². The summed E-state index contributed by atoms with van der Waals surface area (Å²) in [5.74, 6) is -0.448. The highest BCUT2D eigenvalue weighted by Crippen LogP contribution is 2.35. The maximum atomic E-state index is 14.9. The molecule has 1 unspecified atom stereocenters. The van der Waals surface area contributed by atoms with Gasteiger partial charge < -0.3 is 19.1 Å². The van der Waals surface area contributed by atoms with Crippen LogP contribution in [0.3, 0.4) is 0 Å². The summed E-state index contributed by atoms with van der Waals surface area (Å²) in [5.41, 5.74) is 7.05. The van der Waals surface area contributed by atoms with Crippen LogP contribution in [0, 0.1) is 17.0 Å². The van der Waals surface area contributed by atoms with Crippen LogP contribution in [0.1, 0.15) is 63.4 Å². The summed E-state index contributed by atoms with van der Waals surface area (Å²) >= 11 is 0. The van der Waals surface area contributed by atoms with Crippen LogP contribution >= 0.6 is 0 Å². The Morgan fingerprint density at radius 3 is 2.39 bits per heavy atom. The average Bonchev–Trinajstić information content (AvgIpc) is 3.83. The van der Waals surface area contributed by atoms with E-state index in [2.05, 4.69) is 41.1 Å². The summed E-state index contributed by atoms with van der Waals surface area (Å²) in [5, 5.41) is 20.2. The molecule has 2 aromatic heterocycles. The number of nitro benzene ring substituents is 1. The molecule has 6 aromatic rings. The molecule has 2 aliphatic rings. The topological polar surface area (TPSA) is 130 Å². The lowest BCUT2D eigenvalue weighted by Gasteiger charge is -2.40. The van der Waals surface area contributed by atoms with Gasteiger partial charge in [0.2, 0.25) is 0 Å². The van der Waals surface area contributed by atoms with E-state index >= 15 is 0 Å². The van der Waals surface area contributed by atoms with Crippen LogP contribution in [-0.2, 0) is 31.3 Å². The molecule has 1 atom stereocenters. The summed E-state index contributed by atoms with van der Waals surface area (Å²) in [7, 11) is 1.83. The molecule has 0 aliphatic carbocycles. The number of morpholine rings is 1. The zero-order valence-corrected chi connectivity index (χ0v) is 33.0. The number of aromatic amines is 1. The molecular weight excluding hydrogens is 719 g/mol. The van der Waals surface area contributed by atoms with Crippen molar-refractivity contribution in [2.45, 2.75) is 52.7 Å². The molecule has 1 saturated heterocycles. The highest BCUT2D eigenvalue weighted by Gasteiger charge is 2.34. The van der Waals surface area contributed by atoms with E-state index in [1.165, 1.54) is 24.1 Å². The van der Waals surface area contributed by atoms with Crippen molar-refractivity contribution in [2.75, 3.05) is 37.7 Å². The Morgan fingerprint density at radius 1 is 0.930 bits per heavy atom. The molecule has 294 valence electrons. The van der Waals surface area contributed by atoms with E-state index in [1.807, 2.05) is 84.1 Å². The van der Waals surface area contributed by atoms with Gasteiger partial charge in [0.15, 0.2) is 0 Å².